The second-order valence-corrected chi connectivity index (χ2v) is 4.22. The molecule has 3 nitrogen and oxygen atoms in total. The van der Waals surface area contributed by atoms with Crippen molar-refractivity contribution in [1.29, 1.82) is 0 Å². The molecule has 0 aromatic carbocycles. The molecule has 1 N–H and O–H groups in total. The molecule has 4 heteroatoms. The van der Waals surface area contributed by atoms with Gasteiger partial charge in [0.25, 0.3) is 0 Å². The molecule has 0 saturated carbocycles. The minimum Gasteiger partial charge on any atom is -0.349 e. The van der Waals surface area contributed by atoms with Crippen LogP contribution in [0, 0.1) is 18.3 Å². The van der Waals surface area contributed by atoms with Crippen molar-refractivity contribution in [2.45, 2.75) is 20.3 Å². The molecule has 0 fully saturated rings. The van der Waals surface area contributed by atoms with Gasteiger partial charge in [-0.1, -0.05) is 31.1 Å². The summed E-state index contributed by atoms with van der Waals surface area (Å²) in [5, 5.41) is 12.9. The van der Waals surface area contributed by atoms with Crippen molar-refractivity contribution in [3.05, 3.63) is 5.01 Å². The van der Waals surface area contributed by atoms with Gasteiger partial charge in [0.15, 0.2) is 0 Å². The Balaban J connectivity index is 2.49. The van der Waals surface area contributed by atoms with Crippen LogP contribution in [0.3, 0.4) is 0 Å². The van der Waals surface area contributed by atoms with Gasteiger partial charge in [-0.15, -0.1) is 16.6 Å². The van der Waals surface area contributed by atoms with Gasteiger partial charge in [-0.2, -0.15) is 0 Å². The second kappa shape index (κ2) is 4.83. The molecule has 0 amide bonds. The predicted octanol–water partition coefficient (Wildman–Crippen LogP) is 1.78. The van der Waals surface area contributed by atoms with Crippen LogP contribution in [0.1, 0.15) is 18.9 Å². The Labute approximate surface area is 82.6 Å². The Bertz CT molecular complexity index is 298. The maximum atomic E-state index is 5.11. The van der Waals surface area contributed by atoms with Crippen molar-refractivity contribution >= 4 is 16.5 Å². The van der Waals surface area contributed by atoms with Crippen molar-refractivity contribution in [3.63, 3.8) is 0 Å². The minimum absolute atomic E-state index is 0.510. The average molecular weight is 195 g/mol. The summed E-state index contributed by atoms with van der Waals surface area (Å²) in [5.74, 6) is 3.11. The molecule has 0 aliphatic carbocycles. The summed E-state index contributed by atoms with van der Waals surface area (Å²) in [7, 11) is 0. The molecule has 0 unspecified atom stereocenters. The maximum absolute atomic E-state index is 5.11. The third-order valence-corrected chi connectivity index (χ3v) is 2.29. The second-order valence-electron chi connectivity index (χ2n) is 3.16. The zero-order valence-corrected chi connectivity index (χ0v) is 8.69. The molecule has 70 valence electrons. The van der Waals surface area contributed by atoms with Gasteiger partial charge in [0.05, 0.1) is 6.54 Å². The molecule has 1 heterocycles. The molecular weight excluding hydrogens is 182 g/mol. The SMILES string of the molecule is C#CCNc1nnc(CC(C)C)s1. The summed E-state index contributed by atoms with van der Waals surface area (Å²) >= 11 is 1.57. The molecule has 0 aliphatic heterocycles. The maximum Gasteiger partial charge on any atom is 0.206 e. The van der Waals surface area contributed by atoms with E-state index in [9.17, 15) is 0 Å². The lowest BCUT2D eigenvalue weighted by molar-refractivity contribution is 0.640. The largest absolute Gasteiger partial charge is 0.349 e. The van der Waals surface area contributed by atoms with Crippen LogP contribution in [0.2, 0.25) is 0 Å². The fourth-order valence-corrected chi connectivity index (χ4v) is 1.83. The lowest BCUT2D eigenvalue weighted by atomic mass is 10.1. The molecule has 0 bridgehead atoms. The first kappa shape index (κ1) is 10.0. The quantitative estimate of drug-likeness (QED) is 0.744. The van der Waals surface area contributed by atoms with Crippen molar-refractivity contribution in [1.82, 2.24) is 10.2 Å². The third kappa shape index (κ3) is 3.43. The van der Waals surface area contributed by atoms with Crippen molar-refractivity contribution < 1.29 is 0 Å². The zero-order valence-electron chi connectivity index (χ0n) is 7.87. The molecule has 0 saturated heterocycles. The lowest BCUT2D eigenvalue weighted by Gasteiger charge is -1.97. The first-order valence-electron chi connectivity index (χ1n) is 4.22. The van der Waals surface area contributed by atoms with Crippen LogP contribution in [-0.2, 0) is 6.42 Å². The van der Waals surface area contributed by atoms with Gasteiger partial charge >= 0.3 is 0 Å². The van der Waals surface area contributed by atoms with Crippen LogP contribution in [0.4, 0.5) is 5.13 Å². The fraction of sp³-hybridized carbons (Fsp3) is 0.556. The third-order valence-electron chi connectivity index (χ3n) is 1.39. The molecule has 13 heavy (non-hydrogen) atoms. The van der Waals surface area contributed by atoms with Gasteiger partial charge in [-0.3, -0.25) is 0 Å². The average Bonchev–Trinajstić information content (AvgIpc) is 2.48. The molecule has 0 aliphatic rings. The van der Waals surface area contributed by atoms with Gasteiger partial charge in [0, 0.05) is 6.42 Å². The summed E-state index contributed by atoms with van der Waals surface area (Å²) in [6, 6.07) is 0. The lowest BCUT2D eigenvalue weighted by Crippen LogP contribution is -1.96. The number of hydrogen-bond acceptors (Lipinski definition) is 4. The number of nitrogens with one attached hydrogen (secondary N) is 1. The Kier molecular flexibility index (Phi) is 3.71. The van der Waals surface area contributed by atoms with E-state index in [4.69, 9.17) is 6.42 Å². The molecule has 1 aromatic rings. The number of rotatable bonds is 4. The van der Waals surface area contributed by atoms with Crippen LogP contribution >= 0.6 is 11.3 Å². The predicted molar refractivity (Wildman–Crippen MR) is 55.8 cm³/mol. The van der Waals surface area contributed by atoms with Crippen molar-refractivity contribution in [2.75, 3.05) is 11.9 Å². The number of terminal acetylenes is 1. The summed E-state index contributed by atoms with van der Waals surface area (Å²) in [6.07, 6.45) is 6.09. The normalized spacial score (nSPS) is 10.0. The van der Waals surface area contributed by atoms with Gasteiger partial charge in [-0.25, -0.2) is 0 Å². The summed E-state index contributed by atoms with van der Waals surface area (Å²) in [4.78, 5) is 0. The molecule has 0 spiro atoms. The Morgan fingerprint density at radius 2 is 2.31 bits per heavy atom. The van der Waals surface area contributed by atoms with Crippen LogP contribution in [0.15, 0.2) is 0 Å². The van der Waals surface area contributed by atoms with Crippen LogP contribution in [-0.4, -0.2) is 16.7 Å². The molecule has 1 rings (SSSR count). The minimum atomic E-state index is 0.510. The van der Waals surface area contributed by atoms with Crippen LogP contribution in [0.5, 0.6) is 0 Å². The Hall–Kier alpha value is -1.08. The standard InChI is InChI=1S/C9H13N3S/c1-4-5-10-9-12-11-8(13-9)6-7(2)3/h1,7H,5-6H2,2-3H3,(H,10,12). The molecule has 1 aromatic heterocycles. The van der Waals surface area contributed by atoms with E-state index < -0.39 is 0 Å². The topological polar surface area (TPSA) is 37.8 Å². The van der Waals surface area contributed by atoms with E-state index in [1.807, 2.05) is 0 Å². The van der Waals surface area contributed by atoms with E-state index in [0.29, 0.717) is 12.5 Å². The zero-order chi connectivity index (χ0) is 9.68. The molecular formula is C9H13N3S. The highest BCUT2D eigenvalue weighted by Crippen LogP contribution is 2.17. The fourth-order valence-electron chi connectivity index (χ4n) is 0.883. The summed E-state index contributed by atoms with van der Waals surface area (Å²) in [5.41, 5.74) is 0. The van der Waals surface area contributed by atoms with Gasteiger partial charge < -0.3 is 5.32 Å². The van der Waals surface area contributed by atoms with E-state index in [2.05, 4.69) is 35.3 Å². The number of aromatic nitrogens is 2. The number of hydrogen-bond donors (Lipinski definition) is 1. The monoisotopic (exact) mass is 195 g/mol. The van der Waals surface area contributed by atoms with Gasteiger partial charge in [0.1, 0.15) is 5.01 Å². The van der Waals surface area contributed by atoms with Crippen LogP contribution < -0.4 is 5.32 Å². The first-order valence-corrected chi connectivity index (χ1v) is 5.03. The molecule has 0 atom stereocenters. The van der Waals surface area contributed by atoms with E-state index in [1.54, 1.807) is 11.3 Å². The van der Waals surface area contributed by atoms with E-state index in [-0.39, 0.29) is 0 Å². The van der Waals surface area contributed by atoms with E-state index >= 15 is 0 Å². The number of nitrogens with zero attached hydrogens (tertiary/aromatic N) is 2. The highest BCUT2D eigenvalue weighted by atomic mass is 32.1. The van der Waals surface area contributed by atoms with Crippen molar-refractivity contribution in [3.8, 4) is 12.3 Å². The smallest absolute Gasteiger partial charge is 0.206 e. The van der Waals surface area contributed by atoms with Crippen molar-refractivity contribution in [2.24, 2.45) is 5.92 Å². The van der Waals surface area contributed by atoms with Crippen LogP contribution in [0.25, 0.3) is 0 Å². The Morgan fingerprint density at radius 3 is 2.92 bits per heavy atom. The Morgan fingerprint density at radius 1 is 1.54 bits per heavy atom. The highest BCUT2D eigenvalue weighted by Gasteiger charge is 2.04. The summed E-state index contributed by atoms with van der Waals surface area (Å²) < 4.78 is 0. The van der Waals surface area contributed by atoms with E-state index in [0.717, 1.165) is 16.6 Å². The van der Waals surface area contributed by atoms with Gasteiger partial charge in [0.2, 0.25) is 5.13 Å². The van der Waals surface area contributed by atoms with E-state index in [1.165, 1.54) is 0 Å². The van der Waals surface area contributed by atoms with Gasteiger partial charge in [-0.05, 0) is 5.92 Å². The first-order chi connectivity index (χ1) is 6.22. The number of anilines is 1. The summed E-state index contributed by atoms with van der Waals surface area (Å²) in [6.45, 7) is 4.84. The highest BCUT2D eigenvalue weighted by molar-refractivity contribution is 7.15. The molecule has 0 radical (unpaired) electrons.